The Hall–Kier alpha value is -1.37. The van der Waals surface area contributed by atoms with E-state index >= 15 is 0 Å². The summed E-state index contributed by atoms with van der Waals surface area (Å²) in [6.45, 7) is 1.62. The van der Waals surface area contributed by atoms with Crippen molar-refractivity contribution in [2.75, 3.05) is 19.0 Å². The van der Waals surface area contributed by atoms with Crippen LogP contribution in [0.3, 0.4) is 0 Å². The minimum atomic E-state index is -4.47. The quantitative estimate of drug-likeness (QED) is 0.801. The topological polar surface area (TPSA) is 46.1 Å². The van der Waals surface area contributed by atoms with Gasteiger partial charge in [0.25, 0.3) is 5.91 Å². The van der Waals surface area contributed by atoms with E-state index in [1.54, 1.807) is 6.92 Å². The van der Waals surface area contributed by atoms with Crippen molar-refractivity contribution >= 4 is 17.5 Å². The maximum Gasteiger partial charge on any atom is 0.406 e. The summed E-state index contributed by atoms with van der Waals surface area (Å²) < 4.78 is 37.3. The molecule has 0 unspecified atom stereocenters. The molecule has 8 heteroatoms. The number of halogens is 4. The smallest absolute Gasteiger partial charge is 0.328 e. The Kier molecular flexibility index (Phi) is 5.11. The molecule has 0 saturated heterocycles. The number of aromatic nitrogens is 2. The lowest BCUT2D eigenvalue weighted by molar-refractivity contribution is -0.140. The Morgan fingerprint density at radius 3 is 2.53 bits per heavy atom. The fourth-order valence-corrected chi connectivity index (χ4v) is 1.71. The highest BCUT2D eigenvalue weighted by atomic mass is 35.5. The van der Waals surface area contributed by atoms with Crippen LogP contribution in [0, 0.1) is 13.8 Å². The maximum atomic E-state index is 12.4. The third-order valence-electron chi connectivity index (χ3n) is 2.34. The molecule has 0 aliphatic rings. The van der Waals surface area contributed by atoms with Gasteiger partial charge >= 0.3 is 6.18 Å². The van der Waals surface area contributed by atoms with E-state index < -0.39 is 18.6 Å². The number of alkyl halides is 4. The van der Waals surface area contributed by atoms with Gasteiger partial charge in [-0.15, -0.1) is 11.6 Å². The summed E-state index contributed by atoms with van der Waals surface area (Å²) in [6, 6.07) is 1.42. The van der Waals surface area contributed by atoms with E-state index in [1.807, 2.05) is 0 Å². The number of aryl methyl sites for hydroxylation is 2. The Bertz CT molecular complexity index is 465. The monoisotopic (exact) mass is 295 g/mol. The Balaban J connectivity index is 3.02. The van der Waals surface area contributed by atoms with Crippen LogP contribution in [0.2, 0.25) is 0 Å². The lowest BCUT2D eigenvalue weighted by Gasteiger charge is -2.23. The fourth-order valence-electron chi connectivity index (χ4n) is 1.51. The van der Waals surface area contributed by atoms with Gasteiger partial charge in [-0.2, -0.15) is 23.4 Å². The summed E-state index contributed by atoms with van der Waals surface area (Å²) in [6.07, 6.45) is -4.47. The third-order valence-corrected chi connectivity index (χ3v) is 2.51. The summed E-state index contributed by atoms with van der Waals surface area (Å²) in [4.78, 5) is 12.7. The van der Waals surface area contributed by atoms with Crippen LogP contribution in [0.4, 0.5) is 13.2 Å². The molecule has 1 rings (SSSR count). The number of rotatable bonds is 4. The van der Waals surface area contributed by atoms with E-state index in [0.29, 0.717) is 10.6 Å². The minimum Gasteiger partial charge on any atom is -0.328 e. The van der Waals surface area contributed by atoms with E-state index in [4.69, 9.17) is 11.6 Å². The fraction of sp³-hybridized carbons (Fsp3) is 0.545. The van der Waals surface area contributed by atoms with Crippen LogP contribution in [0.1, 0.15) is 21.7 Å². The number of hydrogen-bond acceptors (Lipinski definition) is 3. The van der Waals surface area contributed by atoms with Gasteiger partial charge in [0.05, 0.1) is 17.0 Å². The molecule has 0 aliphatic heterocycles. The largest absolute Gasteiger partial charge is 0.406 e. The second-order valence-corrected chi connectivity index (χ2v) is 4.39. The van der Waals surface area contributed by atoms with Crippen molar-refractivity contribution in [1.29, 1.82) is 0 Å². The predicted molar refractivity (Wildman–Crippen MR) is 64.2 cm³/mol. The summed E-state index contributed by atoms with van der Waals surface area (Å²) in [5, 5.41) is 7.46. The van der Waals surface area contributed by atoms with Crippen molar-refractivity contribution in [1.82, 2.24) is 15.1 Å². The second-order valence-electron chi connectivity index (χ2n) is 4.02. The Morgan fingerprint density at radius 1 is 1.37 bits per heavy atom. The van der Waals surface area contributed by atoms with Gasteiger partial charge in [0.1, 0.15) is 6.54 Å². The van der Waals surface area contributed by atoms with Crippen molar-refractivity contribution in [3.8, 4) is 0 Å². The Morgan fingerprint density at radius 2 is 2.00 bits per heavy atom. The maximum absolute atomic E-state index is 12.4. The average molecular weight is 296 g/mol. The van der Waals surface area contributed by atoms with E-state index in [9.17, 15) is 18.0 Å². The molecule has 19 heavy (non-hydrogen) atoms. The van der Waals surface area contributed by atoms with E-state index in [2.05, 4.69) is 10.2 Å². The van der Waals surface area contributed by atoms with Gasteiger partial charge in [0, 0.05) is 12.4 Å². The highest BCUT2D eigenvalue weighted by Gasteiger charge is 2.33. The van der Waals surface area contributed by atoms with Gasteiger partial charge in [-0.1, -0.05) is 0 Å². The van der Waals surface area contributed by atoms with Crippen molar-refractivity contribution in [3.05, 3.63) is 23.0 Å². The molecule has 0 aromatic carbocycles. The molecule has 0 atom stereocenters. The molecule has 0 bridgehead atoms. The normalized spacial score (nSPS) is 11.5. The third kappa shape index (κ3) is 4.66. The number of amides is 1. The number of hydrogen-bond donors (Lipinski definition) is 0. The van der Waals surface area contributed by atoms with E-state index in [0.717, 1.165) is 0 Å². The summed E-state index contributed by atoms with van der Waals surface area (Å²) in [5.74, 6) is -0.813. The molecular weight excluding hydrogens is 283 g/mol. The zero-order valence-electron chi connectivity index (χ0n) is 10.5. The van der Waals surface area contributed by atoms with E-state index in [-0.39, 0.29) is 23.7 Å². The first-order chi connectivity index (χ1) is 8.74. The number of carbonyl (C=O) groups excluding carboxylic acids is 1. The molecule has 1 aromatic heterocycles. The molecule has 1 amide bonds. The van der Waals surface area contributed by atoms with Gasteiger partial charge in [-0.3, -0.25) is 4.79 Å². The molecule has 0 fully saturated rings. The molecule has 1 heterocycles. The zero-order chi connectivity index (χ0) is 14.6. The highest BCUT2D eigenvalue weighted by molar-refractivity contribution is 6.18. The lowest BCUT2D eigenvalue weighted by Crippen LogP contribution is -2.40. The number of nitrogens with zero attached hydrogens (tertiary/aromatic N) is 3. The summed E-state index contributed by atoms with van der Waals surface area (Å²) in [5.41, 5.74) is 0.867. The van der Waals surface area contributed by atoms with E-state index in [1.165, 1.54) is 13.0 Å². The van der Waals surface area contributed by atoms with Crippen LogP contribution in [0.15, 0.2) is 6.07 Å². The second kappa shape index (κ2) is 6.18. The van der Waals surface area contributed by atoms with Gasteiger partial charge in [-0.05, 0) is 19.9 Å². The molecule has 0 saturated carbocycles. The van der Waals surface area contributed by atoms with Gasteiger partial charge in [0.15, 0.2) is 0 Å². The van der Waals surface area contributed by atoms with Crippen LogP contribution in [-0.4, -0.2) is 46.2 Å². The molecular formula is C11H13ClF3N3O. The van der Waals surface area contributed by atoms with Gasteiger partial charge in [0.2, 0.25) is 0 Å². The molecule has 4 nitrogen and oxygen atoms in total. The highest BCUT2D eigenvalue weighted by Crippen LogP contribution is 2.19. The van der Waals surface area contributed by atoms with Crippen molar-refractivity contribution in [3.63, 3.8) is 0 Å². The first-order valence-electron chi connectivity index (χ1n) is 5.47. The van der Waals surface area contributed by atoms with Crippen molar-refractivity contribution in [2.24, 2.45) is 0 Å². The van der Waals surface area contributed by atoms with Crippen LogP contribution >= 0.6 is 11.6 Å². The Labute approximate surface area is 113 Å². The van der Waals surface area contributed by atoms with Gasteiger partial charge in [-0.25, -0.2) is 0 Å². The molecule has 0 N–H and O–H groups in total. The SMILES string of the molecule is Cc1cc(C(=O)N(CCCl)CC(F)(F)F)c(C)nn1. The standard InChI is InChI=1S/C11H13ClF3N3O/c1-7-5-9(8(2)17-16-7)10(19)18(4-3-12)6-11(13,14)15/h5H,3-4,6H2,1-2H3. The van der Waals surface area contributed by atoms with Crippen LogP contribution in [0.25, 0.3) is 0 Å². The lowest BCUT2D eigenvalue weighted by atomic mass is 10.1. The molecule has 0 aliphatic carbocycles. The first-order valence-corrected chi connectivity index (χ1v) is 6.01. The molecule has 106 valence electrons. The molecule has 1 aromatic rings. The van der Waals surface area contributed by atoms with Crippen LogP contribution < -0.4 is 0 Å². The average Bonchev–Trinajstić information content (AvgIpc) is 2.29. The molecule has 0 spiro atoms. The van der Waals surface area contributed by atoms with Crippen molar-refractivity contribution in [2.45, 2.75) is 20.0 Å². The minimum absolute atomic E-state index is 0.0711. The summed E-state index contributed by atoms with van der Waals surface area (Å²) >= 11 is 5.44. The number of carbonyl (C=O) groups is 1. The van der Waals surface area contributed by atoms with Gasteiger partial charge < -0.3 is 4.90 Å². The van der Waals surface area contributed by atoms with Crippen LogP contribution in [-0.2, 0) is 0 Å². The van der Waals surface area contributed by atoms with Crippen molar-refractivity contribution < 1.29 is 18.0 Å². The van der Waals surface area contributed by atoms with Crippen LogP contribution in [0.5, 0.6) is 0 Å². The predicted octanol–water partition coefficient (Wildman–Crippen LogP) is 2.34. The zero-order valence-corrected chi connectivity index (χ0v) is 11.2. The summed E-state index contributed by atoms with van der Waals surface area (Å²) in [7, 11) is 0. The first kappa shape index (κ1) is 15.7. The molecule has 0 radical (unpaired) electrons.